The maximum absolute atomic E-state index is 12.7. The molecule has 0 aliphatic heterocycles. The molecule has 2 aromatic carbocycles. The molecule has 1 heterocycles. The van der Waals surface area contributed by atoms with E-state index < -0.39 is 5.63 Å². The molecule has 0 aliphatic rings. The Balaban J connectivity index is 1.82. The molecule has 3 aromatic rings. The molecule has 6 heteroatoms. The van der Waals surface area contributed by atoms with Gasteiger partial charge in [-0.2, -0.15) is 0 Å². The highest BCUT2D eigenvalue weighted by Gasteiger charge is 2.17. The Kier molecular flexibility index (Phi) is 6.52. The highest BCUT2D eigenvalue weighted by molar-refractivity contribution is 6.32. The van der Waals surface area contributed by atoms with Gasteiger partial charge in [0.15, 0.2) is 6.61 Å². The second kappa shape index (κ2) is 8.92. The van der Waals surface area contributed by atoms with Gasteiger partial charge < -0.3 is 14.5 Å². The van der Waals surface area contributed by atoms with Crippen LogP contribution in [0.15, 0.2) is 45.6 Å². The predicted molar refractivity (Wildman–Crippen MR) is 121 cm³/mol. The summed E-state index contributed by atoms with van der Waals surface area (Å²) in [6.45, 7) is 9.96. The van der Waals surface area contributed by atoms with Crippen LogP contribution in [-0.2, 0) is 4.79 Å². The minimum absolute atomic E-state index is 0.217. The number of ether oxygens (including phenoxy) is 1. The van der Waals surface area contributed by atoms with Crippen LogP contribution in [0.25, 0.3) is 11.0 Å². The fraction of sp³-hybridized carbons (Fsp3) is 0.333. The van der Waals surface area contributed by atoms with E-state index in [4.69, 9.17) is 20.8 Å². The Hall–Kier alpha value is -2.79. The van der Waals surface area contributed by atoms with E-state index in [-0.39, 0.29) is 30.1 Å². The topological polar surface area (TPSA) is 68.5 Å². The molecule has 5 nitrogen and oxygen atoms in total. The van der Waals surface area contributed by atoms with E-state index in [9.17, 15) is 9.59 Å². The molecule has 1 N–H and O–H groups in total. The lowest BCUT2D eigenvalue weighted by atomic mass is 9.92. The van der Waals surface area contributed by atoms with Crippen LogP contribution in [0.5, 0.6) is 5.75 Å². The standard InChI is InChI=1S/C24H26ClNO4/c1-13(2)16-7-6-8-17(14(3)4)24(16)26-22(27)12-29-21-11-20-18(10-19(21)25)15(5)9-23(28)30-20/h6-11,13-14H,12H2,1-5H3,(H,26,27). The quantitative estimate of drug-likeness (QED) is 0.488. The van der Waals surface area contributed by atoms with Crippen LogP contribution in [0.4, 0.5) is 5.69 Å². The third-order valence-electron chi connectivity index (χ3n) is 5.00. The maximum Gasteiger partial charge on any atom is 0.336 e. The monoisotopic (exact) mass is 427 g/mol. The van der Waals surface area contributed by atoms with Crippen molar-refractivity contribution < 1.29 is 13.9 Å². The third-order valence-corrected chi connectivity index (χ3v) is 5.30. The van der Waals surface area contributed by atoms with Gasteiger partial charge in [-0.25, -0.2) is 4.79 Å². The number of amides is 1. The summed E-state index contributed by atoms with van der Waals surface area (Å²) in [4.78, 5) is 24.3. The number of benzene rings is 2. The number of carbonyl (C=O) groups excluding carboxylic acids is 1. The molecule has 0 unspecified atom stereocenters. The van der Waals surface area contributed by atoms with Gasteiger partial charge in [-0.15, -0.1) is 0 Å². The molecule has 30 heavy (non-hydrogen) atoms. The Morgan fingerprint density at radius 2 is 1.73 bits per heavy atom. The molecular weight excluding hydrogens is 402 g/mol. The van der Waals surface area contributed by atoms with Gasteiger partial charge in [0.05, 0.1) is 5.02 Å². The van der Waals surface area contributed by atoms with Crippen molar-refractivity contribution in [2.45, 2.75) is 46.5 Å². The van der Waals surface area contributed by atoms with Crippen molar-refractivity contribution in [2.24, 2.45) is 0 Å². The Morgan fingerprint density at radius 1 is 1.10 bits per heavy atom. The fourth-order valence-electron chi connectivity index (χ4n) is 3.44. The number of rotatable bonds is 6. The van der Waals surface area contributed by atoms with Crippen LogP contribution in [0, 0.1) is 6.92 Å². The van der Waals surface area contributed by atoms with Crippen LogP contribution < -0.4 is 15.7 Å². The number of hydrogen-bond donors (Lipinski definition) is 1. The summed E-state index contributed by atoms with van der Waals surface area (Å²) in [6.07, 6.45) is 0. The SMILES string of the molecule is Cc1cc(=O)oc2cc(OCC(=O)Nc3c(C(C)C)cccc3C(C)C)c(Cl)cc12. The lowest BCUT2D eigenvalue weighted by Crippen LogP contribution is -2.22. The first-order valence-corrected chi connectivity index (χ1v) is 10.3. The molecule has 3 rings (SSSR count). The first-order valence-electron chi connectivity index (χ1n) is 9.96. The van der Waals surface area contributed by atoms with Crippen molar-refractivity contribution in [3.8, 4) is 5.75 Å². The molecule has 0 atom stereocenters. The van der Waals surface area contributed by atoms with E-state index in [1.807, 2.05) is 25.1 Å². The molecule has 0 bridgehead atoms. The lowest BCUT2D eigenvalue weighted by molar-refractivity contribution is -0.118. The zero-order chi connectivity index (χ0) is 22.0. The summed E-state index contributed by atoms with van der Waals surface area (Å²) in [6, 6.07) is 10.7. The number of para-hydroxylation sites is 1. The summed E-state index contributed by atoms with van der Waals surface area (Å²) in [5.41, 5.74) is 3.68. The van der Waals surface area contributed by atoms with Crippen molar-refractivity contribution in [1.82, 2.24) is 0 Å². The maximum atomic E-state index is 12.7. The van der Waals surface area contributed by atoms with E-state index in [1.165, 1.54) is 6.07 Å². The van der Waals surface area contributed by atoms with Gasteiger partial charge in [0.2, 0.25) is 0 Å². The molecule has 158 valence electrons. The van der Waals surface area contributed by atoms with Gasteiger partial charge >= 0.3 is 5.63 Å². The smallest absolute Gasteiger partial charge is 0.336 e. The molecule has 0 fully saturated rings. The number of anilines is 1. The minimum Gasteiger partial charge on any atom is -0.482 e. The Labute approximate surface area is 181 Å². The predicted octanol–water partition coefficient (Wildman–Crippen LogP) is 6.02. The van der Waals surface area contributed by atoms with E-state index >= 15 is 0 Å². The lowest BCUT2D eigenvalue weighted by Gasteiger charge is -2.20. The first kappa shape index (κ1) is 21.9. The molecule has 0 saturated heterocycles. The number of hydrogen-bond acceptors (Lipinski definition) is 4. The summed E-state index contributed by atoms with van der Waals surface area (Å²) in [7, 11) is 0. The first-order chi connectivity index (χ1) is 14.2. The van der Waals surface area contributed by atoms with Crippen molar-refractivity contribution in [1.29, 1.82) is 0 Å². The molecule has 1 aromatic heterocycles. The van der Waals surface area contributed by atoms with Gasteiger partial charge in [0, 0.05) is 23.2 Å². The number of fused-ring (bicyclic) bond motifs is 1. The molecule has 0 aliphatic carbocycles. The molecule has 0 spiro atoms. The van der Waals surface area contributed by atoms with Crippen LogP contribution >= 0.6 is 11.6 Å². The molecule has 0 radical (unpaired) electrons. The molecule has 0 saturated carbocycles. The van der Waals surface area contributed by atoms with Gasteiger partial charge in [-0.05, 0) is 41.5 Å². The number of aryl methyl sites for hydroxylation is 1. The number of nitrogens with one attached hydrogen (secondary N) is 1. The normalized spacial score (nSPS) is 11.3. The summed E-state index contributed by atoms with van der Waals surface area (Å²) in [5, 5.41) is 4.08. The zero-order valence-corrected chi connectivity index (χ0v) is 18.6. The summed E-state index contributed by atoms with van der Waals surface area (Å²) < 4.78 is 10.9. The summed E-state index contributed by atoms with van der Waals surface area (Å²) >= 11 is 6.32. The van der Waals surface area contributed by atoms with Crippen LogP contribution in [0.1, 0.15) is 56.2 Å². The number of halogens is 1. The van der Waals surface area contributed by atoms with Crippen LogP contribution in [-0.4, -0.2) is 12.5 Å². The Morgan fingerprint density at radius 3 is 2.33 bits per heavy atom. The van der Waals surface area contributed by atoms with Gasteiger partial charge in [-0.3, -0.25) is 4.79 Å². The van der Waals surface area contributed by atoms with Crippen molar-refractivity contribution in [3.63, 3.8) is 0 Å². The van der Waals surface area contributed by atoms with Crippen molar-refractivity contribution in [3.05, 3.63) is 68.5 Å². The van der Waals surface area contributed by atoms with E-state index in [2.05, 4.69) is 33.0 Å². The largest absolute Gasteiger partial charge is 0.482 e. The summed E-state index contributed by atoms with van der Waals surface area (Å²) in [5.74, 6) is 0.531. The van der Waals surface area contributed by atoms with Crippen LogP contribution in [0.3, 0.4) is 0 Å². The van der Waals surface area contributed by atoms with Crippen LogP contribution in [0.2, 0.25) is 5.02 Å². The minimum atomic E-state index is -0.447. The van der Waals surface area contributed by atoms with Gasteiger partial charge in [-0.1, -0.05) is 57.5 Å². The average Bonchev–Trinajstić information content (AvgIpc) is 2.66. The highest BCUT2D eigenvalue weighted by Crippen LogP contribution is 2.33. The van der Waals surface area contributed by atoms with E-state index in [0.717, 1.165) is 27.8 Å². The molecular formula is C24H26ClNO4. The second-order valence-electron chi connectivity index (χ2n) is 7.98. The van der Waals surface area contributed by atoms with Crippen molar-refractivity contribution in [2.75, 3.05) is 11.9 Å². The highest BCUT2D eigenvalue weighted by atomic mass is 35.5. The van der Waals surface area contributed by atoms with E-state index in [0.29, 0.717) is 10.6 Å². The average molecular weight is 428 g/mol. The number of carbonyl (C=O) groups is 1. The molecule has 1 amide bonds. The third kappa shape index (κ3) is 4.68. The van der Waals surface area contributed by atoms with E-state index in [1.54, 1.807) is 12.1 Å². The zero-order valence-electron chi connectivity index (χ0n) is 17.8. The fourth-order valence-corrected chi connectivity index (χ4v) is 3.66. The Bertz CT molecular complexity index is 1120. The van der Waals surface area contributed by atoms with Gasteiger partial charge in [0.1, 0.15) is 11.3 Å². The second-order valence-corrected chi connectivity index (χ2v) is 8.39. The van der Waals surface area contributed by atoms with Crippen molar-refractivity contribution >= 4 is 34.2 Å². The van der Waals surface area contributed by atoms with Gasteiger partial charge in [0.25, 0.3) is 5.91 Å².